The van der Waals surface area contributed by atoms with Crippen molar-refractivity contribution in [3.05, 3.63) is 119 Å². The molecule has 0 unspecified atom stereocenters. The van der Waals surface area contributed by atoms with E-state index >= 15 is 0 Å². The largest absolute Gasteiger partial charge is 0.497 e. The van der Waals surface area contributed by atoms with Gasteiger partial charge in [-0.2, -0.15) is 0 Å². The summed E-state index contributed by atoms with van der Waals surface area (Å²) in [7, 11) is 4.44. The van der Waals surface area contributed by atoms with Crippen LogP contribution in [0.1, 0.15) is 43.8 Å². The third-order valence-electron chi connectivity index (χ3n) is 7.02. The van der Waals surface area contributed by atoms with Gasteiger partial charge in [0.2, 0.25) is 5.91 Å². The number of para-hydroxylation sites is 1. The number of esters is 1. The highest BCUT2D eigenvalue weighted by Gasteiger charge is 2.45. The van der Waals surface area contributed by atoms with Gasteiger partial charge in [-0.1, -0.05) is 42.5 Å². The van der Waals surface area contributed by atoms with E-state index in [0.717, 1.165) is 5.56 Å². The summed E-state index contributed by atoms with van der Waals surface area (Å²) in [5.74, 6) is -0.716. The number of amides is 2. The van der Waals surface area contributed by atoms with E-state index in [9.17, 15) is 14.4 Å². The molecule has 202 valence electrons. The molecular formula is C32H28N2O6. The first-order chi connectivity index (χ1) is 19.5. The van der Waals surface area contributed by atoms with Crippen molar-refractivity contribution < 1.29 is 28.6 Å². The zero-order chi connectivity index (χ0) is 28.2. The molecule has 8 nitrogen and oxygen atoms in total. The van der Waals surface area contributed by atoms with Gasteiger partial charge in [-0.25, -0.2) is 4.79 Å². The molecule has 1 aliphatic heterocycles. The molecule has 5 rings (SSSR count). The Bertz CT molecular complexity index is 1550. The number of carbonyl (C=O) groups is 3. The highest BCUT2D eigenvalue weighted by Crippen LogP contribution is 2.46. The molecular weight excluding hydrogens is 508 g/mol. The second-order valence-corrected chi connectivity index (χ2v) is 9.18. The van der Waals surface area contributed by atoms with Crippen molar-refractivity contribution in [1.29, 1.82) is 0 Å². The average molecular weight is 537 g/mol. The number of benzene rings is 4. The lowest BCUT2D eigenvalue weighted by molar-refractivity contribution is -0.118. The number of methoxy groups -OCH3 is 3. The van der Waals surface area contributed by atoms with Crippen LogP contribution in [-0.4, -0.2) is 39.1 Å². The van der Waals surface area contributed by atoms with E-state index in [0.29, 0.717) is 34.0 Å². The Balaban J connectivity index is 1.68. The molecule has 4 aromatic carbocycles. The fourth-order valence-corrected chi connectivity index (χ4v) is 5.08. The summed E-state index contributed by atoms with van der Waals surface area (Å²) in [5.41, 5.74) is 2.90. The minimum atomic E-state index is -0.824. The zero-order valence-corrected chi connectivity index (χ0v) is 22.3. The molecule has 2 amide bonds. The highest BCUT2D eigenvalue weighted by molar-refractivity contribution is 6.13. The molecule has 0 fully saturated rings. The van der Waals surface area contributed by atoms with E-state index in [1.54, 1.807) is 98.0 Å². The third kappa shape index (κ3) is 4.87. The smallest absolute Gasteiger partial charge is 0.339 e. The maximum Gasteiger partial charge on any atom is 0.339 e. The number of ether oxygens (including phenoxy) is 3. The molecule has 0 saturated heterocycles. The van der Waals surface area contributed by atoms with Gasteiger partial charge in [0, 0.05) is 11.3 Å². The van der Waals surface area contributed by atoms with E-state index < -0.39 is 17.9 Å². The molecule has 40 heavy (non-hydrogen) atoms. The molecule has 0 aromatic heterocycles. The Kier molecular flexibility index (Phi) is 7.50. The molecule has 8 heteroatoms. The fourth-order valence-electron chi connectivity index (χ4n) is 5.08. The molecule has 0 aliphatic carbocycles. The van der Waals surface area contributed by atoms with Gasteiger partial charge in [-0.15, -0.1) is 0 Å². The Hall–Kier alpha value is -5.11. The van der Waals surface area contributed by atoms with Crippen LogP contribution >= 0.6 is 0 Å². The summed E-state index contributed by atoms with van der Waals surface area (Å²) in [4.78, 5) is 42.4. The number of hydrogen-bond acceptors (Lipinski definition) is 6. The van der Waals surface area contributed by atoms with Crippen LogP contribution in [-0.2, 0) is 9.53 Å². The number of nitrogens with one attached hydrogen (secondary N) is 1. The first kappa shape index (κ1) is 26.5. The monoisotopic (exact) mass is 536 g/mol. The summed E-state index contributed by atoms with van der Waals surface area (Å²) in [6.07, 6.45) is 0. The fraction of sp³-hybridized carbons (Fsp3) is 0.156. The SMILES string of the molecule is COC(=O)c1ccccc1NC(=O)[C@H]1c2ccccc2C(=O)N(c2ccc(OC)cc2)[C@@H]1c1ccc(OC)cc1. The minimum absolute atomic E-state index is 0.228. The predicted molar refractivity (Wildman–Crippen MR) is 151 cm³/mol. The summed E-state index contributed by atoms with van der Waals surface area (Å²) in [6.45, 7) is 0. The standard InChI is InChI=1S/C32H28N2O6/c1-38-22-16-12-20(13-17-22)29-28(30(35)33-27-11-7-6-10-26(27)32(37)40-3)24-8-4-5-9-25(24)31(36)34(29)21-14-18-23(39-2)19-15-21/h4-19,28-29H,1-3H3,(H,33,35)/t28-,29+/m0/s1. The summed E-state index contributed by atoms with van der Waals surface area (Å²) < 4.78 is 15.6. The Morgan fingerprint density at radius 2 is 1.35 bits per heavy atom. The van der Waals surface area contributed by atoms with Crippen LogP contribution in [0.3, 0.4) is 0 Å². The van der Waals surface area contributed by atoms with E-state index in [2.05, 4.69) is 5.32 Å². The van der Waals surface area contributed by atoms with E-state index in [1.165, 1.54) is 7.11 Å². The Morgan fingerprint density at radius 1 is 0.750 bits per heavy atom. The first-order valence-electron chi connectivity index (χ1n) is 12.7. The van der Waals surface area contributed by atoms with Gasteiger partial charge in [0.15, 0.2) is 0 Å². The number of hydrogen-bond donors (Lipinski definition) is 1. The van der Waals surface area contributed by atoms with Crippen LogP contribution in [0.25, 0.3) is 0 Å². The van der Waals surface area contributed by atoms with Crippen LogP contribution in [0.5, 0.6) is 11.5 Å². The van der Waals surface area contributed by atoms with Crippen LogP contribution < -0.4 is 19.7 Å². The highest BCUT2D eigenvalue weighted by atomic mass is 16.5. The van der Waals surface area contributed by atoms with Crippen molar-refractivity contribution in [2.75, 3.05) is 31.5 Å². The molecule has 2 atom stereocenters. The third-order valence-corrected chi connectivity index (χ3v) is 7.02. The summed E-state index contributed by atoms with van der Waals surface area (Å²) >= 11 is 0. The zero-order valence-electron chi connectivity index (χ0n) is 22.3. The first-order valence-corrected chi connectivity index (χ1v) is 12.7. The molecule has 0 saturated carbocycles. The summed E-state index contributed by atoms with van der Waals surface area (Å²) in [6, 6.07) is 27.5. The number of carbonyl (C=O) groups excluding carboxylic acids is 3. The van der Waals surface area contributed by atoms with Gasteiger partial charge in [-0.3, -0.25) is 14.5 Å². The second-order valence-electron chi connectivity index (χ2n) is 9.18. The van der Waals surface area contributed by atoms with Crippen molar-refractivity contribution in [2.45, 2.75) is 12.0 Å². The van der Waals surface area contributed by atoms with Crippen LogP contribution in [0.15, 0.2) is 97.1 Å². The molecule has 0 bridgehead atoms. The van der Waals surface area contributed by atoms with Crippen molar-refractivity contribution in [1.82, 2.24) is 0 Å². The number of rotatable bonds is 7. The molecule has 4 aromatic rings. The van der Waals surface area contributed by atoms with Gasteiger partial charge >= 0.3 is 5.97 Å². The van der Waals surface area contributed by atoms with Gasteiger partial charge < -0.3 is 19.5 Å². The molecule has 1 aliphatic rings. The Morgan fingerprint density at radius 3 is 2.00 bits per heavy atom. The summed E-state index contributed by atoms with van der Waals surface area (Å²) in [5, 5.41) is 2.94. The van der Waals surface area contributed by atoms with Crippen molar-refractivity contribution in [2.24, 2.45) is 0 Å². The normalized spacial score (nSPS) is 16.1. The minimum Gasteiger partial charge on any atom is -0.497 e. The lowest BCUT2D eigenvalue weighted by atomic mass is 9.78. The lowest BCUT2D eigenvalue weighted by Gasteiger charge is -2.42. The van der Waals surface area contributed by atoms with Crippen LogP contribution in [0.2, 0.25) is 0 Å². The number of anilines is 2. The van der Waals surface area contributed by atoms with Crippen molar-refractivity contribution >= 4 is 29.2 Å². The maximum absolute atomic E-state index is 14.2. The molecule has 0 radical (unpaired) electrons. The maximum atomic E-state index is 14.2. The van der Waals surface area contributed by atoms with Crippen LogP contribution in [0, 0.1) is 0 Å². The van der Waals surface area contributed by atoms with E-state index in [4.69, 9.17) is 14.2 Å². The number of fused-ring (bicyclic) bond motifs is 1. The average Bonchev–Trinajstić information content (AvgIpc) is 3.01. The van der Waals surface area contributed by atoms with Gasteiger partial charge in [0.05, 0.1) is 44.5 Å². The molecule has 1 N–H and O–H groups in total. The van der Waals surface area contributed by atoms with Gasteiger partial charge in [0.1, 0.15) is 11.5 Å². The van der Waals surface area contributed by atoms with Gasteiger partial charge in [-0.05, 0) is 65.7 Å². The van der Waals surface area contributed by atoms with Gasteiger partial charge in [0.25, 0.3) is 5.91 Å². The van der Waals surface area contributed by atoms with Crippen molar-refractivity contribution in [3.63, 3.8) is 0 Å². The van der Waals surface area contributed by atoms with E-state index in [-0.39, 0.29) is 17.4 Å². The van der Waals surface area contributed by atoms with Crippen molar-refractivity contribution in [3.8, 4) is 11.5 Å². The quantitative estimate of drug-likeness (QED) is 0.309. The van der Waals surface area contributed by atoms with Crippen LogP contribution in [0.4, 0.5) is 11.4 Å². The molecule has 0 spiro atoms. The Labute approximate surface area is 232 Å². The number of nitrogens with zero attached hydrogens (tertiary/aromatic N) is 1. The topological polar surface area (TPSA) is 94.2 Å². The predicted octanol–water partition coefficient (Wildman–Crippen LogP) is 5.61. The van der Waals surface area contributed by atoms with E-state index in [1.807, 2.05) is 18.2 Å². The lowest BCUT2D eigenvalue weighted by Crippen LogP contribution is -2.46. The molecule has 1 heterocycles. The second kappa shape index (κ2) is 11.3.